The zero-order valence-electron chi connectivity index (χ0n) is 15.7. The van der Waals surface area contributed by atoms with Crippen molar-refractivity contribution in [3.05, 3.63) is 87.4 Å². The molecule has 0 spiro atoms. The second kappa shape index (κ2) is 8.99. The Morgan fingerprint density at radius 2 is 1.48 bits per heavy atom. The number of ketones is 1. The predicted octanol–water partition coefficient (Wildman–Crippen LogP) is 5.49. The third kappa shape index (κ3) is 4.36. The van der Waals surface area contributed by atoms with Crippen LogP contribution in [0, 0.1) is 0 Å². The van der Waals surface area contributed by atoms with E-state index in [0.717, 1.165) is 0 Å². The molecule has 0 saturated heterocycles. The van der Waals surface area contributed by atoms with E-state index in [2.05, 4.69) is 5.32 Å². The van der Waals surface area contributed by atoms with Crippen molar-refractivity contribution in [2.24, 2.45) is 0 Å². The SMILES string of the molecule is COc1cccc(OC)c1C(=O)Nc1ccc(Cl)cc1C(=O)c1ccccc1Cl. The lowest BCUT2D eigenvalue weighted by molar-refractivity contribution is 0.102. The molecule has 0 atom stereocenters. The number of carbonyl (C=O) groups excluding carboxylic acids is 2. The molecule has 7 heteroatoms. The number of anilines is 1. The molecule has 0 bridgehead atoms. The van der Waals surface area contributed by atoms with Crippen molar-refractivity contribution >= 4 is 40.6 Å². The largest absolute Gasteiger partial charge is 0.496 e. The van der Waals surface area contributed by atoms with Gasteiger partial charge in [0.1, 0.15) is 17.1 Å². The van der Waals surface area contributed by atoms with Gasteiger partial charge in [-0.15, -0.1) is 0 Å². The fourth-order valence-corrected chi connectivity index (χ4v) is 3.26. The Kier molecular flexibility index (Phi) is 6.42. The number of methoxy groups -OCH3 is 2. The minimum Gasteiger partial charge on any atom is -0.496 e. The second-order valence-electron chi connectivity index (χ2n) is 5.99. The molecule has 1 N–H and O–H groups in total. The quantitative estimate of drug-likeness (QED) is 0.525. The second-order valence-corrected chi connectivity index (χ2v) is 6.83. The van der Waals surface area contributed by atoms with Gasteiger partial charge in [-0.2, -0.15) is 0 Å². The Balaban J connectivity index is 2.03. The molecule has 0 aromatic heterocycles. The first-order valence-electron chi connectivity index (χ1n) is 8.57. The van der Waals surface area contributed by atoms with Gasteiger partial charge in [0.25, 0.3) is 5.91 Å². The number of carbonyl (C=O) groups is 2. The summed E-state index contributed by atoms with van der Waals surface area (Å²) >= 11 is 12.3. The van der Waals surface area contributed by atoms with Gasteiger partial charge in [0.05, 0.1) is 24.9 Å². The average Bonchev–Trinajstić information content (AvgIpc) is 2.74. The molecule has 0 saturated carbocycles. The van der Waals surface area contributed by atoms with Crippen molar-refractivity contribution in [3.8, 4) is 11.5 Å². The van der Waals surface area contributed by atoms with Gasteiger partial charge in [-0.1, -0.05) is 41.4 Å². The first kappa shape index (κ1) is 20.7. The lowest BCUT2D eigenvalue weighted by Gasteiger charge is -2.15. The standard InChI is InChI=1S/C22H17Cl2NO4/c1-28-18-8-5-9-19(29-2)20(18)22(27)25-17-11-10-13(23)12-15(17)21(26)14-6-3-4-7-16(14)24/h3-12H,1-2H3,(H,25,27). The number of benzene rings is 3. The van der Waals surface area contributed by atoms with Crippen LogP contribution in [0.15, 0.2) is 60.7 Å². The lowest BCUT2D eigenvalue weighted by Crippen LogP contribution is -2.17. The number of rotatable bonds is 6. The molecule has 0 fully saturated rings. The van der Waals surface area contributed by atoms with E-state index in [1.54, 1.807) is 54.6 Å². The molecular weight excluding hydrogens is 413 g/mol. The zero-order chi connectivity index (χ0) is 21.0. The molecule has 3 aromatic rings. The lowest BCUT2D eigenvalue weighted by atomic mass is 10.0. The third-order valence-corrected chi connectivity index (χ3v) is 4.81. The number of halogens is 2. The Morgan fingerprint density at radius 3 is 2.10 bits per heavy atom. The number of nitrogens with one attached hydrogen (secondary N) is 1. The van der Waals surface area contributed by atoms with Crippen molar-refractivity contribution in [1.29, 1.82) is 0 Å². The van der Waals surface area contributed by atoms with Gasteiger partial charge in [0, 0.05) is 16.1 Å². The highest BCUT2D eigenvalue weighted by atomic mass is 35.5. The third-order valence-electron chi connectivity index (χ3n) is 4.25. The summed E-state index contributed by atoms with van der Waals surface area (Å²) in [6.07, 6.45) is 0. The molecule has 148 valence electrons. The summed E-state index contributed by atoms with van der Waals surface area (Å²) in [6, 6.07) is 16.3. The smallest absolute Gasteiger partial charge is 0.263 e. The maximum atomic E-state index is 13.1. The monoisotopic (exact) mass is 429 g/mol. The molecular formula is C22H17Cl2NO4. The minimum atomic E-state index is -0.491. The van der Waals surface area contributed by atoms with Crippen LogP contribution in [0.5, 0.6) is 11.5 Å². The van der Waals surface area contributed by atoms with E-state index in [1.807, 2.05) is 0 Å². The average molecular weight is 430 g/mol. The highest BCUT2D eigenvalue weighted by Crippen LogP contribution is 2.31. The Morgan fingerprint density at radius 1 is 0.828 bits per heavy atom. The van der Waals surface area contributed by atoms with Crippen molar-refractivity contribution in [3.63, 3.8) is 0 Å². The van der Waals surface area contributed by atoms with E-state index in [-0.39, 0.29) is 22.6 Å². The van der Waals surface area contributed by atoms with Gasteiger partial charge in [-0.3, -0.25) is 9.59 Å². The number of ether oxygens (including phenoxy) is 2. The van der Waals surface area contributed by atoms with Crippen molar-refractivity contribution in [1.82, 2.24) is 0 Å². The van der Waals surface area contributed by atoms with Gasteiger partial charge in [0.15, 0.2) is 5.78 Å². The summed E-state index contributed by atoms with van der Waals surface area (Å²) in [5, 5.41) is 3.41. The summed E-state index contributed by atoms with van der Waals surface area (Å²) in [7, 11) is 2.92. The van der Waals surface area contributed by atoms with E-state index in [1.165, 1.54) is 20.3 Å². The molecule has 0 unspecified atom stereocenters. The van der Waals surface area contributed by atoms with Crippen LogP contribution in [0.2, 0.25) is 10.0 Å². The van der Waals surface area contributed by atoms with Crippen LogP contribution in [-0.2, 0) is 0 Å². The van der Waals surface area contributed by atoms with Crippen LogP contribution >= 0.6 is 23.2 Å². The summed E-state index contributed by atoms with van der Waals surface area (Å²) in [4.78, 5) is 26.1. The fraction of sp³-hybridized carbons (Fsp3) is 0.0909. The summed E-state index contributed by atoms with van der Waals surface area (Å²) in [5.41, 5.74) is 1.02. The van der Waals surface area contributed by atoms with Crippen LogP contribution in [0.1, 0.15) is 26.3 Å². The Bertz CT molecular complexity index is 1060. The van der Waals surface area contributed by atoms with Crippen LogP contribution in [0.3, 0.4) is 0 Å². The molecule has 1 amide bonds. The van der Waals surface area contributed by atoms with Crippen molar-refractivity contribution in [2.75, 3.05) is 19.5 Å². The first-order chi connectivity index (χ1) is 14.0. The van der Waals surface area contributed by atoms with Crippen LogP contribution in [0.4, 0.5) is 5.69 Å². The van der Waals surface area contributed by atoms with Gasteiger partial charge in [-0.05, 0) is 42.5 Å². The molecule has 0 radical (unpaired) electrons. The van der Waals surface area contributed by atoms with Gasteiger partial charge < -0.3 is 14.8 Å². The highest BCUT2D eigenvalue weighted by molar-refractivity contribution is 6.36. The van der Waals surface area contributed by atoms with E-state index in [9.17, 15) is 9.59 Å². The zero-order valence-corrected chi connectivity index (χ0v) is 17.2. The maximum absolute atomic E-state index is 13.1. The minimum absolute atomic E-state index is 0.212. The van der Waals surface area contributed by atoms with Gasteiger partial charge in [-0.25, -0.2) is 0 Å². The summed E-state index contributed by atoms with van der Waals surface area (Å²) < 4.78 is 10.6. The van der Waals surface area contributed by atoms with Crippen molar-refractivity contribution in [2.45, 2.75) is 0 Å². The molecule has 3 aromatic carbocycles. The summed E-state index contributed by atoms with van der Waals surface area (Å²) in [5.74, 6) is -0.167. The van der Waals surface area contributed by atoms with E-state index in [4.69, 9.17) is 32.7 Å². The van der Waals surface area contributed by atoms with Crippen LogP contribution in [0.25, 0.3) is 0 Å². The van der Waals surface area contributed by atoms with Crippen LogP contribution in [-0.4, -0.2) is 25.9 Å². The normalized spacial score (nSPS) is 10.3. The maximum Gasteiger partial charge on any atom is 0.263 e. The predicted molar refractivity (Wildman–Crippen MR) is 114 cm³/mol. The molecule has 5 nitrogen and oxygen atoms in total. The van der Waals surface area contributed by atoms with E-state index in [0.29, 0.717) is 27.1 Å². The topological polar surface area (TPSA) is 64.6 Å². The fourth-order valence-electron chi connectivity index (χ4n) is 2.86. The van der Waals surface area contributed by atoms with Crippen LogP contribution < -0.4 is 14.8 Å². The van der Waals surface area contributed by atoms with Gasteiger partial charge in [0.2, 0.25) is 0 Å². The van der Waals surface area contributed by atoms with E-state index >= 15 is 0 Å². The Labute approximate surface area is 178 Å². The highest BCUT2D eigenvalue weighted by Gasteiger charge is 2.22. The molecule has 0 heterocycles. The number of hydrogen-bond donors (Lipinski definition) is 1. The van der Waals surface area contributed by atoms with Crippen molar-refractivity contribution < 1.29 is 19.1 Å². The number of amides is 1. The Hall–Kier alpha value is -3.02. The molecule has 0 aliphatic rings. The molecule has 3 rings (SSSR count). The van der Waals surface area contributed by atoms with Gasteiger partial charge >= 0.3 is 0 Å². The number of hydrogen-bond acceptors (Lipinski definition) is 4. The molecule has 29 heavy (non-hydrogen) atoms. The van der Waals surface area contributed by atoms with E-state index < -0.39 is 5.91 Å². The molecule has 0 aliphatic heterocycles. The summed E-state index contributed by atoms with van der Waals surface area (Å²) in [6.45, 7) is 0. The molecule has 0 aliphatic carbocycles. The first-order valence-corrected chi connectivity index (χ1v) is 9.33.